The van der Waals surface area contributed by atoms with Crippen LogP contribution in [0.1, 0.15) is 13.8 Å². The van der Waals surface area contributed by atoms with Crippen LogP contribution in [0.25, 0.3) is 0 Å². The van der Waals surface area contributed by atoms with Crippen molar-refractivity contribution in [1.29, 1.82) is 0 Å². The Bertz CT molecular complexity index is 327. The van der Waals surface area contributed by atoms with Crippen LogP contribution in [0, 0.1) is 0 Å². The normalized spacial score (nSPS) is 11.9. The molecule has 4 heteroatoms. The van der Waals surface area contributed by atoms with Crippen LogP contribution >= 0.6 is 0 Å². The minimum Gasteiger partial charge on any atom is -0.442 e. The van der Waals surface area contributed by atoms with Crippen molar-refractivity contribution >= 4 is 11.7 Å². The molecule has 0 aliphatic heterocycles. The van der Waals surface area contributed by atoms with Gasteiger partial charge in [-0.15, -0.1) is 0 Å². The molecule has 0 saturated carbocycles. The van der Waals surface area contributed by atoms with Crippen molar-refractivity contribution in [3.8, 4) is 0 Å². The molecule has 0 spiro atoms. The molecular formula is C12H18N2O2. The minimum atomic E-state index is -0.302. The molecule has 1 aromatic carbocycles. The number of para-hydroxylation sites is 1. The SMILES string of the molecule is CC(=O)OC(C)N(CCN)c1ccccc1. The van der Waals surface area contributed by atoms with Crippen LogP contribution in [0.3, 0.4) is 0 Å². The summed E-state index contributed by atoms with van der Waals surface area (Å²) in [6.45, 7) is 4.41. The fraction of sp³-hybridized carbons (Fsp3) is 0.417. The van der Waals surface area contributed by atoms with Gasteiger partial charge in [-0.3, -0.25) is 4.79 Å². The Hall–Kier alpha value is -1.55. The van der Waals surface area contributed by atoms with Gasteiger partial charge in [0.05, 0.1) is 0 Å². The van der Waals surface area contributed by atoms with Crippen LogP contribution in [0.5, 0.6) is 0 Å². The van der Waals surface area contributed by atoms with E-state index in [2.05, 4.69) is 0 Å². The summed E-state index contributed by atoms with van der Waals surface area (Å²) in [6.07, 6.45) is -0.302. The van der Waals surface area contributed by atoms with Gasteiger partial charge in [0.25, 0.3) is 0 Å². The summed E-state index contributed by atoms with van der Waals surface area (Å²) in [5.41, 5.74) is 6.55. The summed E-state index contributed by atoms with van der Waals surface area (Å²) < 4.78 is 5.15. The van der Waals surface area contributed by atoms with Gasteiger partial charge in [0.15, 0.2) is 6.23 Å². The van der Waals surface area contributed by atoms with E-state index in [1.165, 1.54) is 6.92 Å². The third-order valence-corrected chi connectivity index (χ3v) is 2.23. The number of ether oxygens (including phenoxy) is 1. The Morgan fingerprint density at radius 3 is 2.56 bits per heavy atom. The highest BCUT2D eigenvalue weighted by Crippen LogP contribution is 2.16. The van der Waals surface area contributed by atoms with Gasteiger partial charge < -0.3 is 15.4 Å². The van der Waals surface area contributed by atoms with E-state index in [1.807, 2.05) is 42.2 Å². The van der Waals surface area contributed by atoms with E-state index in [0.717, 1.165) is 5.69 Å². The molecule has 0 amide bonds. The van der Waals surface area contributed by atoms with Crippen molar-refractivity contribution in [3.63, 3.8) is 0 Å². The number of nitrogens with two attached hydrogens (primary N) is 1. The molecule has 0 fully saturated rings. The predicted octanol–water partition coefficient (Wildman–Crippen LogP) is 1.36. The first-order valence-corrected chi connectivity index (χ1v) is 5.34. The predicted molar refractivity (Wildman–Crippen MR) is 64.1 cm³/mol. The summed E-state index contributed by atoms with van der Waals surface area (Å²) in [7, 11) is 0. The van der Waals surface area contributed by atoms with E-state index in [-0.39, 0.29) is 12.2 Å². The zero-order valence-corrected chi connectivity index (χ0v) is 9.72. The van der Waals surface area contributed by atoms with Crippen LogP contribution < -0.4 is 10.6 Å². The minimum absolute atomic E-state index is 0.287. The van der Waals surface area contributed by atoms with Gasteiger partial charge in [-0.05, 0) is 19.1 Å². The summed E-state index contributed by atoms with van der Waals surface area (Å²) in [6, 6.07) is 9.77. The molecule has 88 valence electrons. The molecule has 2 N–H and O–H groups in total. The van der Waals surface area contributed by atoms with E-state index < -0.39 is 0 Å². The van der Waals surface area contributed by atoms with E-state index in [0.29, 0.717) is 13.1 Å². The number of rotatable bonds is 5. The number of anilines is 1. The van der Waals surface area contributed by atoms with Crippen LogP contribution in [0.2, 0.25) is 0 Å². The number of carbonyl (C=O) groups excluding carboxylic acids is 1. The highest BCUT2D eigenvalue weighted by molar-refractivity contribution is 5.66. The topological polar surface area (TPSA) is 55.6 Å². The van der Waals surface area contributed by atoms with Crippen molar-refractivity contribution in [2.24, 2.45) is 5.73 Å². The molecule has 1 rings (SSSR count). The van der Waals surface area contributed by atoms with Gasteiger partial charge in [-0.25, -0.2) is 0 Å². The summed E-state index contributed by atoms with van der Waals surface area (Å²) >= 11 is 0. The third kappa shape index (κ3) is 3.55. The largest absolute Gasteiger partial charge is 0.442 e. The van der Waals surface area contributed by atoms with E-state index in [4.69, 9.17) is 10.5 Å². The molecule has 0 heterocycles. The zero-order chi connectivity index (χ0) is 12.0. The average molecular weight is 222 g/mol. The summed E-state index contributed by atoms with van der Waals surface area (Å²) in [5.74, 6) is -0.287. The van der Waals surface area contributed by atoms with E-state index in [9.17, 15) is 4.79 Å². The molecule has 0 aromatic heterocycles. The first-order valence-electron chi connectivity index (χ1n) is 5.34. The number of benzene rings is 1. The van der Waals surface area contributed by atoms with Crippen molar-refractivity contribution in [2.75, 3.05) is 18.0 Å². The molecule has 16 heavy (non-hydrogen) atoms. The smallest absolute Gasteiger partial charge is 0.304 e. The van der Waals surface area contributed by atoms with E-state index >= 15 is 0 Å². The lowest BCUT2D eigenvalue weighted by Crippen LogP contribution is -2.39. The second-order valence-electron chi connectivity index (χ2n) is 3.53. The lowest BCUT2D eigenvalue weighted by molar-refractivity contribution is -0.145. The molecular weight excluding hydrogens is 204 g/mol. The Morgan fingerprint density at radius 1 is 1.44 bits per heavy atom. The molecule has 0 saturated heterocycles. The van der Waals surface area contributed by atoms with Crippen LogP contribution in [-0.2, 0) is 9.53 Å². The van der Waals surface area contributed by atoms with Crippen LogP contribution in [-0.4, -0.2) is 25.3 Å². The fourth-order valence-electron chi connectivity index (χ4n) is 1.58. The van der Waals surface area contributed by atoms with Gasteiger partial charge in [0.1, 0.15) is 0 Å². The Balaban J connectivity index is 2.78. The van der Waals surface area contributed by atoms with Gasteiger partial charge in [-0.1, -0.05) is 18.2 Å². The summed E-state index contributed by atoms with van der Waals surface area (Å²) in [5, 5.41) is 0. The van der Waals surface area contributed by atoms with E-state index in [1.54, 1.807) is 0 Å². The summed E-state index contributed by atoms with van der Waals surface area (Å²) in [4.78, 5) is 12.9. The number of esters is 1. The Kier molecular flexibility index (Phi) is 4.79. The average Bonchev–Trinajstić information content (AvgIpc) is 2.26. The monoisotopic (exact) mass is 222 g/mol. The first kappa shape index (κ1) is 12.5. The maximum atomic E-state index is 10.9. The third-order valence-electron chi connectivity index (χ3n) is 2.23. The maximum absolute atomic E-state index is 10.9. The Labute approximate surface area is 96.0 Å². The molecule has 0 radical (unpaired) electrons. The van der Waals surface area contributed by atoms with Gasteiger partial charge in [0, 0.05) is 25.7 Å². The van der Waals surface area contributed by atoms with Gasteiger partial charge >= 0.3 is 5.97 Å². The number of carbonyl (C=O) groups is 1. The molecule has 0 aliphatic rings. The lowest BCUT2D eigenvalue weighted by atomic mass is 10.3. The lowest BCUT2D eigenvalue weighted by Gasteiger charge is -2.30. The van der Waals surface area contributed by atoms with Gasteiger partial charge in [-0.2, -0.15) is 0 Å². The van der Waals surface area contributed by atoms with Crippen LogP contribution in [0.4, 0.5) is 5.69 Å². The number of nitrogens with zero attached hydrogens (tertiary/aromatic N) is 1. The fourth-order valence-corrected chi connectivity index (χ4v) is 1.58. The van der Waals surface area contributed by atoms with Crippen molar-refractivity contribution < 1.29 is 9.53 Å². The maximum Gasteiger partial charge on any atom is 0.304 e. The molecule has 4 nitrogen and oxygen atoms in total. The molecule has 0 aliphatic carbocycles. The molecule has 0 bridgehead atoms. The zero-order valence-electron chi connectivity index (χ0n) is 9.72. The standard InChI is InChI=1S/C12H18N2O2/c1-10(16-11(2)15)14(9-8-13)12-6-4-3-5-7-12/h3-7,10H,8-9,13H2,1-2H3. The van der Waals surface area contributed by atoms with Crippen molar-refractivity contribution in [1.82, 2.24) is 0 Å². The van der Waals surface area contributed by atoms with Crippen molar-refractivity contribution in [2.45, 2.75) is 20.1 Å². The van der Waals surface area contributed by atoms with Crippen LogP contribution in [0.15, 0.2) is 30.3 Å². The van der Waals surface area contributed by atoms with Crippen molar-refractivity contribution in [3.05, 3.63) is 30.3 Å². The molecule has 1 aromatic rings. The number of hydrogen-bond donors (Lipinski definition) is 1. The Morgan fingerprint density at radius 2 is 2.06 bits per heavy atom. The van der Waals surface area contributed by atoms with Gasteiger partial charge in [0.2, 0.25) is 0 Å². The molecule has 1 unspecified atom stereocenters. The highest BCUT2D eigenvalue weighted by Gasteiger charge is 2.15. The number of hydrogen-bond acceptors (Lipinski definition) is 4. The quantitative estimate of drug-likeness (QED) is 0.603. The second kappa shape index (κ2) is 6.12. The first-order chi connectivity index (χ1) is 7.65. The molecule has 1 atom stereocenters. The second-order valence-corrected chi connectivity index (χ2v) is 3.53. The highest BCUT2D eigenvalue weighted by atomic mass is 16.6.